The van der Waals surface area contributed by atoms with Crippen molar-refractivity contribution in [3.05, 3.63) is 12.2 Å². The molecule has 0 aliphatic rings. The molecule has 0 radical (unpaired) electrons. The van der Waals surface area contributed by atoms with Crippen molar-refractivity contribution in [3.63, 3.8) is 0 Å². The lowest BCUT2D eigenvalue weighted by Gasteiger charge is -2.15. The van der Waals surface area contributed by atoms with E-state index >= 15 is 0 Å². The maximum absolute atomic E-state index is 12.1. The number of esters is 1. The van der Waals surface area contributed by atoms with Crippen molar-refractivity contribution in [3.8, 4) is 0 Å². The van der Waals surface area contributed by atoms with Crippen LogP contribution in [0, 0.1) is 0 Å². The second-order valence-electron chi connectivity index (χ2n) is 16.1. The summed E-state index contributed by atoms with van der Waals surface area (Å²) < 4.78 is 26.9. The number of amides is 1. The molecule has 332 valence electrons. The van der Waals surface area contributed by atoms with Crippen molar-refractivity contribution in [2.75, 3.05) is 26.4 Å². The van der Waals surface area contributed by atoms with Crippen molar-refractivity contribution in [1.82, 2.24) is 5.32 Å². The van der Waals surface area contributed by atoms with E-state index < -0.39 is 26.5 Å². The molecule has 9 nitrogen and oxygen atoms in total. The van der Waals surface area contributed by atoms with E-state index in [1.54, 1.807) is 0 Å². The molecule has 0 heterocycles. The van der Waals surface area contributed by atoms with Crippen LogP contribution < -0.4 is 5.32 Å². The summed E-state index contributed by atoms with van der Waals surface area (Å²) in [6.45, 7) is 3.57. The van der Waals surface area contributed by atoms with Gasteiger partial charge in [0.1, 0.15) is 12.7 Å². The molecule has 10 heteroatoms. The fraction of sp³-hybridized carbons (Fsp3) is 0.913. The third-order valence-corrected chi connectivity index (χ3v) is 11.4. The highest BCUT2D eigenvalue weighted by Crippen LogP contribution is 2.42. The van der Waals surface area contributed by atoms with E-state index in [2.05, 4.69) is 31.3 Å². The Hall–Kier alpha value is -1.25. The predicted molar refractivity (Wildman–Crippen MR) is 234 cm³/mol. The Bertz CT molecular complexity index is 933. The highest BCUT2D eigenvalue weighted by molar-refractivity contribution is 7.47. The molecule has 3 N–H and O–H groups in total. The smallest absolute Gasteiger partial charge is 0.463 e. The summed E-state index contributed by atoms with van der Waals surface area (Å²) in [5.41, 5.74) is 0. The van der Waals surface area contributed by atoms with Gasteiger partial charge in [-0.25, -0.2) is 4.57 Å². The lowest BCUT2D eigenvalue weighted by molar-refractivity contribution is -0.147. The zero-order chi connectivity index (χ0) is 41.1. The molecule has 0 aliphatic carbocycles. The molecule has 0 rings (SSSR count). The quantitative estimate of drug-likeness (QED) is 0.0240. The van der Waals surface area contributed by atoms with E-state index in [-0.39, 0.29) is 32.1 Å². The number of phosphoric acid groups is 1. The Kier molecular flexibility index (Phi) is 42.4. The first kappa shape index (κ1) is 54.8. The van der Waals surface area contributed by atoms with Crippen molar-refractivity contribution in [2.45, 2.75) is 245 Å². The molecule has 56 heavy (non-hydrogen) atoms. The summed E-state index contributed by atoms with van der Waals surface area (Å²) >= 11 is 0. The van der Waals surface area contributed by atoms with Crippen molar-refractivity contribution < 1.29 is 37.9 Å². The molecule has 0 saturated carbocycles. The fourth-order valence-electron chi connectivity index (χ4n) is 6.85. The third-order valence-electron chi connectivity index (χ3n) is 10.4. The molecule has 0 fully saturated rings. The predicted octanol–water partition coefficient (Wildman–Crippen LogP) is 13.4. The van der Waals surface area contributed by atoms with Gasteiger partial charge in [-0.15, -0.1) is 0 Å². The van der Waals surface area contributed by atoms with E-state index in [0.29, 0.717) is 6.42 Å². The van der Waals surface area contributed by atoms with Crippen LogP contribution in [0.25, 0.3) is 0 Å². The van der Waals surface area contributed by atoms with Gasteiger partial charge in [-0.3, -0.25) is 18.6 Å². The zero-order valence-electron chi connectivity index (χ0n) is 36.6. The van der Waals surface area contributed by atoms with E-state index in [4.69, 9.17) is 13.8 Å². The molecule has 1 amide bonds. The lowest BCUT2D eigenvalue weighted by atomic mass is 10.0. The topological polar surface area (TPSA) is 131 Å². The number of hydrogen-bond donors (Lipinski definition) is 3. The summed E-state index contributed by atoms with van der Waals surface area (Å²) in [5, 5.41) is 12.7. The summed E-state index contributed by atoms with van der Waals surface area (Å²) in [5.74, 6) is -0.515. The Labute approximate surface area is 345 Å². The van der Waals surface area contributed by atoms with Crippen molar-refractivity contribution in [1.29, 1.82) is 0 Å². The number of nitrogens with one attached hydrogen (secondary N) is 1. The van der Waals surface area contributed by atoms with Crippen LogP contribution in [0.2, 0.25) is 0 Å². The number of unbranched alkanes of at least 4 members (excludes halogenated alkanes) is 30. The second-order valence-corrected chi connectivity index (χ2v) is 17.5. The normalized spacial score (nSPS) is 13.3. The van der Waals surface area contributed by atoms with Gasteiger partial charge in [0.25, 0.3) is 0 Å². The minimum Gasteiger partial charge on any atom is -0.463 e. The zero-order valence-corrected chi connectivity index (χ0v) is 37.5. The van der Waals surface area contributed by atoms with Crippen LogP contribution in [0.1, 0.15) is 239 Å². The summed E-state index contributed by atoms with van der Waals surface area (Å²) in [7, 11) is -4.41. The van der Waals surface area contributed by atoms with Crippen LogP contribution in [-0.2, 0) is 27.9 Å². The van der Waals surface area contributed by atoms with Crippen LogP contribution in [0.15, 0.2) is 12.2 Å². The van der Waals surface area contributed by atoms with Crippen molar-refractivity contribution >= 4 is 19.7 Å². The third kappa shape index (κ3) is 43.9. The monoisotopic (exact) mass is 816 g/mol. The number of ether oxygens (including phenoxy) is 1. The summed E-state index contributed by atoms with van der Waals surface area (Å²) in [6, 6.07) is 0. The van der Waals surface area contributed by atoms with E-state index in [1.165, 1.54) is 161 Å². The lowest BCUT2D eigenvalue weighted by Crippen LogP contribution is -2.27. The summed E-state index contributed by atoms with van der Waals surface area (Å²) in [4.78, 5) is 33.9. The SMILES string of the molecule is CCCCCC/C=C\CCCCCCCC(=O)NCCOP(=O)(O)OCC(O)COC(=O)CCCCCCCCCCCCCCCCCCCCCCCC. The van der Waals surface area contributed by atoms with E-state index in [9.17, 15) is 24.2 Å². The van der Waals surface area contributed by atoms with E-state index in [0.717, 1.165) is 51.4 Å². The Morgan fingerprint density at radius 1 is 0.536 bits per heavy atom. The Morgan fingerprint density at radius 3 is 1.36 bits per heavy atom. The maximum Gasteiger partial charge on any atom is 0.472 e. The van der Waals surface area contributed by atoms with Crippen molar-refractivity contribution in [2.24, 2.45) is 0 Å². The molecule has 2 unspecified atom stereocenters. The minimum atomic E-state index is -4.41. The van der Waals surface area contributed by atoms with Gasteiger partial charge < -0.3 is 20.1 Å². The molecule has 2 atom stereocenters. The largest absolute Gasteiger partial charge is 0.472 e. The Balaban J connectivity index is 3.52. The fourth-order valence-corrected chi connectivity index (χ4v) is 7.60. The van der Waals surface area contributed by atoms with Gasteiger partial charge in [-0.2, -0.15) is 0 Å². The van der Waals surface area contributed by atoms with Crippen LogP contribution in [0.4, 0.5) is 0 Å². The first-order chi connectivity index (χ1) is 27.3. The van der Waals surface area contributed by atoms with Crippen LogP contribution >= 0.6 is 7.82 Å². The molecule has 0 aromatic heterocycles. The number of aliphatic hydroxyl groups is 1. The van der Waals surface area contributed by atoms with Crippen LogP contribution in [0.3, 0.4) is 0 Å². The highest BCUT2D eigenvalue weighted by atomic mass is 31.2. The first-order valence-corrected chi connectivity index (χ1v) is 25.2. The van der Waals surface area contributed by atoms with Gasteiger partial charge in [-0.1, -0.05) is 199 Å². The number of hydrogen-bond acceptors (Lipinski definition) is 7. The molecular formula is C46H90NO8P. The molecule has 0 bridgehead atoms. The standard InChI is InChI=1S/C46H90NO8P/c1-3-5-7-9-11-13-15-17-18-19-20-21-22-23-24-25-27-29-31-33-35-37-39-46(50)53-42-44(48)43-55-56(51,52)54-41-40-47-45(49)38-36-34-32-30-28-26-16-14-12-10-8-6-4-2/h14,16,44,48H,3-13,15,17-43H2,1-2H3,(H,47,49)(H,51,52)/b16-14-. The molecule has 0 aromatic rings. The number of carbonyl (C=O) groups is 2. The maximum atomic E-state index is 12.1. The molecule has 0 aromatic carbocycles. The molecule has 0 saturated heterocycles. The molecule has 0 spiro atoms. The average Bonchev–Trinajstić information content (AvgIpc) is 3.18. The number of aliphatic hydroxyl groups excluding tert-OH is 1. The van der Waals surface area contributed by atoms with Gasteiger partial charge in [0.05, 0.1) is 13.2 Å². The van der Waals surface area contributed by atoms with Crippen LogP contribution in [-0.4, -0.2) is 54.3 Å². The van der Waals surface area contributed by atoms with Gasteiger partial charge in [0, 0.05) is 19.4 Å². The first-order valence-electron chi connectivity index (χ1n) is 23.7. The van der Waals surface area contributed by atoms with E-state index in [1.807, 2.05) is 0 Å². The minimum absolute atomic E-state index is 0.0806. The highest BCUT2D eigenvalue weighted by Gasteiger charge is 2.23. The molecular weight excluding hydrogens is 725 g/mol. The summed E-state index contributed by atoms with van der Waals surface area (Å²) in [6.07, 6.45) is 45.8. The van der Waals surface area contributed by atoms with Gasteiger partial charge in [0.2, 0.25) is 5.91 Å². The van der Waals surface area contributed by atoms with Crippen LogP contribution in [0.5, 0.6) is 0 Å². The number of carbonyl (C=O) groups excluding carboxylic acids is 2. The van der Waals surface area contributed by atoms with Gasteiger partial charge in [0.15, 0.2) is 0 Å². The molecule has 0 aliphatic heterocycles. The second kappa shape index (κ2) is 43.3. The number of allylic oxidation sites excluding steroid dienone is 2. The number of rotatable bonds is 45. The number of phosphoric ester groups is 1. The van der Waals surface area contributed by atoms with Gasteiger partial charge >= 0.3 is 13.8 Å². The Morgan fingerprint density at radius 2 is 0.911 bits per heavy atom. The average molecular weight is 816 g/mol. The van der Waals surface area contributed by atoms with Gasteiger partial charge in [-0.05, 0) is 38.5 Å².